The van der Waals surface area contributed by atoms with Gasteiger partial charge in [0.1, 0.15) is 5.82 Å². The van der Waals surface area contributed by atoms with E-state index in [1.807, 2.05) is 18.9 Å². The number of hydrogen-bond donors (Lipinski definition) is 1. The summed E-state index contributed by atoms with van der Waals surface area (Å²) in [4.78, 5) is 34.0. The van der Waals surface area contributed by atoms with Crippen molar-refractivity contribution in [2.45, 2.75) is 26.2 Å². The lowest BCUT2D eigenvalue weighted by molar-refractivity contribution is -0.149. The maximum absolute atomic E-state index is 14.0. The fourth-order valence-electron chi connectivity index (χ4n) is 3.80. The van der Waals surface area contributed by atoms with Gasteiger partial charge >= 0.3 is 5.97 Å². The Morgan fingerprint density at radius 3 is 2.76 bits per heavy atom. The van der Waals surface area contributed by atoms with Crippen LogP contribution in [0.3, 0.4) is 0 Å². The second kappa shape index (κ2) is 10.1. The SMILES string of the molecule is CC[C@H](O)c1csc(C(=O)c2cn(COC(=O)CN3CCN(C)CC3)c3cc(F)ccc23)n1. The summed E-state index contributed by atoms with van der Waals surface area (Å²) in [5, 5.41) is 12.4. The molecule has 1 fully saturated rings. The molecular formula is C23H27FN4O4S. The molecule has 4 rings (SSSR count). The maximum atomic E-state index is 14.0. The zero-order chi connectivity index (χ0) is 23.5. The van der Waals surface area contributed by atoms with Crippen LogP contribution in [0, 0.1) is 5.82 Å². The maximum Gasteiger partial charge on any atom is 0.321 e. The molecule has 33 heavy (non-hydrogen) atoms. The van der Waals surface area contributed by atoms with Crippen molar-refractivity contribution < 1.29 is 23.8 Å². The van der Waals surface area contributed by atoms with Crippen LogP contribution in [-0.2, 0) is 16.3 Å². The highest BCUT2D eigenvalue weighted by Gasteiger charge is 2.22. The number of benzene rings is 1. The largest absolute Gasteiger partial charge is 0.443 e. The fraction of sp³-hybridized carbons (Fsp3) is 0.435. The number of ketones is 1. The normalized spacial score (nSPS) is 16.2. The molecule has 1 aliphatic heterocycles. The average Bonchev–Trinajstić information content (AvgIpc) is 3.43. The van der Waals surface area contributed by atoms with E-state index in [9.17, 15) is 19.1 Å². The minimum atomic E-state index is -0.724. The van der Waals surface area contributed by atoms with E-state index in [1.165, 1.54) is 18.2 Å². The Kier molecular flexibility index (Phi) is 7.18. The van der Waals surface area contributed by atoms with Gasteiger partial charge in [-0.15, -0.1) is 11.3 Å². The molecule has 10 heteroatoms. The first-order chi connectivity index (χ1) is 15.9. The third-order valence-corrected chi connectivity index (χ3v) is 6.71. The molecule has 0 radical (unpaired) electrons. The van der Waals surface area contributed by atoms with Crippen LogP contribution in [0.4, 0.5) is 4.39 Å². The van der Waals surface area contributed by atoms with Gasteiger partial charge in [-0.1, -0.05) is 6.92 Å². The molecule has 1 N–H and O–H groups in total. The summed E-state index contributed by atoms with van der Waals surface area (Å²) in [7, 11) is 2.04. The molecule has 3 aromatic rings. The average molecular weight is 475 g/mol. The number of nitrogens with zero attached hydrogens (tertiary/aromatic N) is 4. The Morgan fingerprint density at radius 1 is 1.27 bits per heavy atom. The van der Waals surface area contributed by atoms with Gasteiger partial charge in [0.25, 0.3) is 0 Å². The summed E-state index contributed by atoms with van der Waals surface area (Å²) < 4.78 is 21.0. The molecule has 0 amide bonds. The van der Waals surface area contributed by atoms with E-state index < -0.39 is 11.9 Å². The lowest BCUT2D eigenvalue weighted by Gasteiger charge is -2.31. The number of thiazole rings is 1. The lowest BCUT2D eigenvalue weighted by Crippen LogP contribution is -2.46. The first kappa shape index (κ1) is 23.5. The number of halogens is 1. The summed E-state index contributed by atoms with van der Waals surface area (Å²) in [6.07, 6.45) is 1.33. The van der Waals surface area contributed by atoms with Gasteiger partial charge in [-0.3, -0.25) is 14.5 Å². The van der Waals surface area contributed by atoms with E-state index in [0.29, 0.717) is 28.6 Å². The van der Waals surface area contributed by atoms with E-state index in [1.54, 1.807) is 16.1 Å². The number of ether oxygens (including phenoxy) is 1. The van der Waals surface area contributed by atoms with Crippen LogP contribution in [-0.4, -0.2) is 76.0 Å². The number of piperazine rings is 1. The van der Waals surface area contributed by atoms with Crippen molar-refractivity contribution in [2.24, 2.45) is 0 Å². The zero-order valence-corrected chi connectivity index (χ0v) is 19.5. The Morgan fingerprint density at radius 2 is 2.03 bits per heavy atom. The predicted octanol–water partition coefficient (Wildman–Crippen LogP) is 2.66. The molecular weight excluding hydrogens is 447 g/mol. The number of carbonyl (C=O) groups is 2. The van der Waals surface area contributed by atoms with Crippen LogP contribution in [0.2, 0.25) is 0 Å². The van der Waals surface area contributed by atoms with Crippen LogP contribution in [0.1, 0.15) is 40.5 Å². The fourth-order valence-corrected chi connectivity index (χ4v) is 4.61. The number of fused-ring (bicyclic) bond motifs is 1. The van der Waals surface area contributed by atoms with Gasteiger partial charge in [-0.2, -0.15) is 0 Å². The number of esters is 1. The highest BCUT2D eigenvalue weighted by atomic mass is 32.1. The number of carbonyl (C=O) groups excluding carboxylic acids is 2. The summed E-state index contributed by atoms with van der Waals surface area (Å²) in [6, 6.07) is 4.14. The van der Waals surface area contributed by atoms with E-state index in [0.717, 1.165) is 37.5 Å². The monoisotopic (exact) mass is 474 g/mol. The van der Waals surface area contributed by atoms with Crippen LogP contribution < -0.4 is 0 Å². The summed E-state index contributed by atoms with van der Waals surface area (Å²) in [5.74, 6) is -1.15. The van der Waals surface area contributed by atoms with Crippen molar-refractivity contribution in [2.75, 3.05) is 39.8 Å². The summed E-state index contributed by atoms with van der Waals surface area (Å²) in [6.45, 7) is 5.28. The third-order valence-electron chi connectivity index (χ3n) is 5.85. The van der Waals surface area contributed by atoms with E-state index in [4.69, 9.17) is 4.74 Å². The molecule has 0 bridgehead atoms. The molecule has 1 aliphatic rings. The van der Waals surface area contributed by atoms with Crippen molar-refractivity contribution in [3.05, 3.63) is 51.9 Å². The second-order valence-corrected chi connectivity index (χ2v) is 9.09. The van der Waals surface area contributed by atoms with Gasteiger partial charge in [0.05, 0.1) is 29.4 Å². The van der Waals surface area contributed by atoms with Gasteiger partial charge in [-0.05, 0) is 31.7 Å². The summed E-state index contributed by atoms with van der Waals surface area (Å²) >= 11 is 1.16. The molecule has 0 unspecified atom stereocenters. The molecule has 1 saturated heterocycles. The summed E-state index contributed by atoms with van der Waals surface area (Å²) in [5.41, 5.74) is 1.25. The first-order valence-electron chi connectivity index (χ1n) is 10.9. The van der Waals surface area contributed by atoms with Crippen LogP contribution in [0.5, 0.6) is 0 Å². The Labute approximate surface area is 195 Å². The lowest BCUT2D eigenvalue weighted by atomic mass is 10.1. The van der Waals surface area contributed by atoms with Gasteiger partial charge in [-0.25, -0.2) is 9.37 Å². The Hall–Kier alpha value is -2.66. The molecule has 1 atom stereocenters. The molecule has 1 aromatic carbocycles. The smallest absolute Gasteiger partial charge is 0.321 e. The van der Waals surface area contributed by atoms with E-state index in [-0.39, 0.29) is 30.0 Å². The van der Waals surface area contributed by atoms with Gasteiger partial charge in [0.15, 0.2) is 11.7 Å². The zero-order valence-electron chi connectivity index (χ0n) is 18.7. The van der Waals surface area contributed by atoms with Crippen molar-refractivity contribution in [1.82, 2.24) is 19.4 Å². The number of aromatic nitrogens is 2. The molecule has 3 heterocycles. The molecule has 0 spiro atoms. The van der Waals surface area contributed by atoms with Gasteiger partial charge < -0.3 is 19.3 Å². The number of hydrogen-bond acceptors (Lipinski definition) is 8. The van der Waals surface area contributed by atoms with E-state index >= 15 is 0 Å². The Balaban J connectivity index is 1.52. The van der Waals surface area contributed by atoms with Crippen LogP contribution in [0.25, 0.3) is 10.9 Å². The van der Waals surface area contributed by atoms with Crippen LogP contribution >= 0.6 is 11.3 Å². The highest BCUT2D eigenvalue weighted by molar-refractivity contribution is 7.12. The standard InChI is InChI=1S/C23H27FN4O4S/c1-3-20(29)18-13-33-23(25-18)22(31)17-11-28(19-10-15(24)4-5-16(17)19)14-32-21(30)12-27-8-6-26(2)7-9-27/h4-5,10-11,13,20,29H,3,6-9,12,14H2,1-2H3/t20-/m0/s1. The first-order valence-corrected chi connectivity index (χ1v) is 11.8. The molecule has 0 saturated carbocycles. The van der Waals surface area contributed by atoms with Crippen molar-refractivity contribution in [3.8, 4) is 0 Å². The number of likely N-dealkylation sites (N-methyl/N-ethyl adjacent to an activating group) is 1. The van der Waals surface area contributed by atoms with Crippen molar-refractivity contribution >= 4 is 34.0 Å². The van der Waals surface area contributed by atoms with Gasteiger partial charge in [0.2, 0.25) is 5.78 Å². The molecule has 0 aliphatic carbocycles. The van der Waals surface area contributed by atoms with E-state index in [2.05, 4.69) is 9.88 Å². The number of aliphatic hydroxyl groups excluding tert-OH is 1. The topological polar surface area (TPSA) is 87.9 Å². The molecule has 2 aromatic heterocycles. The van der Waals surface area contributed by atoms with Crippen LogP contribution in [0.15, 0.2) is 29.8 Å². The highest BCUT2D eigenvalue weighted by Crippen LogP contribution is 2.27. The minimum absolute atomic E-state index is 0.128. The van der Waals surface area contributed by atoms with Crippen molar-refractivity contribution in [1.29, 1.82) is 0 Å². The predicted molar refractivity (Wildman–Crippen MR) is 123 cm³/mol. The molecule has 8 nitrogen and oxygen atoms in total. The molecule has 176 valence electrons. The number of rotatable bonds is 8. The second-order valence-electron chi connectivity index (χ2n) is 8.23. The van der Waals surface area contributed by atoms with Crippen molar-refractivity contribution in [3.63, 3.8) is 0 Å². The minimum Gasteiger partial charge on any atom is -0.443 e. The quantitative estimate of drug-likeness (QED) is 0.397. The number of aliphatic hydroxyl groups is 1. The Bertz CT molecular complexity index is 1150. The third kappa shape index (κ3) is 5.30. The van der Waals surface area contributed by atoms with Gasteiger partial charge in [0, 0.05) is 43.1 Å².